The van der Waals surface area contributed by atoms with E-state index in [1.807, 2.05) is 18.2 Å². The van der Waals surface area contributed by atoms with E-state index < -0.39 is 18.1 Å². The first kappa shape index (κ1) is 24.5. The zero-order valence-electron chi connectivity index (χ0n) is 19.7. The molecule has 2 heterocycles. The van der Waals surface area contributed by atoms with Gasteiger partial charge in [0.15, 0.2) is 0 Å². The molecule has 1 unspecified atom stereocenters. The van der Waals surface area contributed by atoms with Gasteiger partial charge in [0, 0.05) is 24.7 Å². The highest BCUT2D eigenvalue weighted by Gasteiger charge is 2.34. The van der Waals surface area contributed by atoms with Gasteiger partial charge in [0.25, 0.3) is 0 Å². The number of alkyl carbamates (subject to hydrolysis) is 1. The molecular formula is C26H32N4O5. The number of aliphatic carboxylic acids is 1. The van der Waals surface area contributed by atoms with Crippen molar-refractivity contribution in [2.75, 3.05) is 18.4 Å². The number of nitrogens with zero attached hydrogens (tertiary/aromatic N) is 1. The molecule has 9 heteroatoms. The second-order valence-electron chi connectivity index (χ2n) is 9.26. The van der Waals surface area contributed by atoms with Crippen LogP contribution in [0, 0.1) is 11.8 Å². The average Bonchev–Trinajstić information content (AvgIpc) is 2.84. The number of carboxylic acid groups (broad SMARTS) is 1. The number of aromatic nitrogens is 1. The Bertz CT molecular complexity index is 1040. The zero-order chi connectivity index (χ0) is 24.6. The quantitative estimate of drug-likeness (QED) is 0.411. The first-order valence-electron chi connectivity index (χ1n) is 12.2. The standard InChI is InChI=1S/C26H32N4O5/c31-24(28-15-22(25(32)33)30-26(34)35-16-17-5-2-1-3-6-17)20-13-18(14-20)8-10-21-11-9-19-7-4-12-27-23(19)29-21/h1-3,5-6,9,11,18,20,22H,4,7-8,10,12-16H2,(H,27,29)(H,28,31)(H,30,34)(H,32,33). The van der Waals surface area contributed by atoms with Crippen molar-refractivity contribution in [2.45, 2.75) is 51.2 Å². The SMILES string of the molecule is O=C(NC(CNC(=O)C1CC(CCc2ccc3c(n2)NCCC3)C1)C(=O)O)OCc1ccccc1. The molecule has 9 nitrogen and oxygen atoms in total. The van der Waals surface area contributed by atoms with Gasteiger partial charge < -0.3 is 25.8 Å². The molecule has 1 aromatic heterocycles. The van der Waals surface area contributed by atoms with Gasteiger partial charge in [-0.15, -0.1) is 0 Å². The Balaban J connectivity index is 1.14. The van der Waals surface area contributed by atoms with Crippen LogP contribution in [0.2, 0.25) is 0 Å². The number of nitrogens with one attached hydrogen (secondary N) is 3. The van der Waals surface area contributed by atoms with Crippen molar-refractivity contribution in [1.29, 1.82) is 0 Å². The monoisotopic (exact) mass is 480 g/mol. The fourth-order valence-corrected chi connectivity index (χ4v) is 4.50. The average molecular weight is 481 g/mol. The van der Waals surface area contributed by atoms with Crippen molar-refractivity contribution in [2.24, 2.45) is 11.8 Å². The largest absolute Gasteiger partial charge is 0.480 e. The van der Waals surface area contributed by atoms with Crippen LogP contribution in [0.25, 0.3) is 0 Å². The number of anilines is 1. The number of carbonyl (C=O) groups is 3. The Labute approximate surface area is 204 Å². The van der Waals surface area contributed by atoms with E-state index in [9.17, 15) is 19.5 Å². The minimum atomic E-state index is -1.26. The summed E-state index contributed by atoms with van der Waals surface area (Å²) < 4.78 is 5.07. The molecular weight excluding hydrogens is 448 g/mol. The van der Waals surface area contributed by atoms with Crippen LogP contribution in [0.3, 0.4) is 0 Å². The van der Waals surface area contributed by atoms with Gasteiger partial charge in [-0.3, -0.25) is 4.79 Å². The number of benzene rings is 1. The van der Waals surface area contributed by atoms with Crippen LogP contribution in [0.4, 0.5) is 10.6 Å². The lowest BCUT2D eigenvalue weighted by atomic mass is 9.72. The maximum atomic E-state index is 12.5. The third kappa shape index (κ3) is 6.94. The summed E-state index contributed by atoms with van der Waals surface area (Å²) in [5.74, 6) is -0.0794. The summed E-state index contributed by atoms with van der Waals surface area (Å²) >= 11 is 0. The van der Waals surface area contributed by atoms with Crippen molar-refractivity contribution in [1.82, 2.24) is 15.6 Å². The summed E-state index contributed by atoms with van der Waals surface area (Å²) in [6.07, 6.45) is 4.78. The van der Waals surface area contributed by atoms with Crippen LogP contribution in [0.15, 0.2) is 42.5 Å². The first-order chi connectivity index (χ1) is 17.0. The van der Waals surface area contributed by atoms with Gasteiger partial charge in [-0.2, -0.15) is 0 Å². The molecule has 1 atom stereocenters. The highest BCUT2D eigenvalue weighted by molar-refractivity contribution is 5.83. The molecule has 186 valence electrons. The summed E-state index contributed by atoms with van der Waals surface area (Å²) in [6, 6.07) is 12.1. The smallest absolute Gasteiger partial charge is 0.408 e. The number of hydrogen-bond donors (Lipinski definition) is 4. The molecule has 1 aliphatic heterocycles. The van der Waals surface area contributed by atoms with Crippen molar-refractivity contribution in [3.05, 3.63) is 59.3 Å². The Morgan fingerprint density at radius 3 is 2.71 bits per heavy atom. The van der Waals surface area contributed by atoms with E-state index in [0.29, 0.717) is 5.92 Å². The third-order valence-electron chi connectivity index (χ3n) is 6.65. The molecule has 4 N–H and O–H groups in total. The van der Waals surface area contributed by atoms with E-state index in [1.165, 1.54) is 5.56 Å². The normalized spacial score (nSPS) is 19.3. The van der Waals surface area contributed by atoms with E-state index >= 15 is 0 Å². The number of pyridine rings is 1. The number of carbonyl (C=O) groups excluding carboxylic acids is 2. The first-order valence-corrected chi connectivity index (χ1v) is 12.2. The molecule has 1 aliphatic carbocycles. The number of fused-ring (bicyclic) bond motifs is 1. The Kier molecular flexibility index (Phi) is 8.18. The fourth-order valence-electron chi connectivity index (χ4n) is 4.50. The van der Waals surface area contributed by atoms with Crippen LogP contribution in [0.1, 0.15) is 42.5 Å². The van der Waals surface area contributed by atoms with E-state index in [-0.39, 0.29) is 25.0 Å². The minimum Gasteiger partial charge on any atom is -0.480 e. The maximum absolute atomic E-state index is 12.5. The minimum absolute atomic E-state index is 0.0341. The molecule has 2 amide bonds. The lowest BCUT2D eigenvalue weighted by molar-refractivity contribution is -0.139. The zero-order valence-corrected chi connectivity index (χ0v) is 19.7. The predicted molar refractivity (Wildman–Crippen MR) is 130 cm³/mol. The van der Waals surface area contributed by atoms with Gasteiger partial charge in [0.05, 0.1) is 0 Å². The Morgan fingerprint density at radius 2 is 1.94 bits per heavy atom. The molecule has 1 fully saturated rings. The van der Waals surface area contributed by atoms with E-state index in [0.717, 1.165) is 62.1 Å². The Hall–Kier alpha value is -3.62. The summed E-state index contributed by atoms with van der Waals surface area (Å²) in [4.78, 5) is 40.7. The molecule has 0 spiro atoms. The second-order valence-corrected chi connectivity index (χ2v) is 9.26. The number of rotatable bonds is 10. The topological polar surface area (TPSA) is 130 Å². The van der Waals surface area contributed by atoms with Crippen LogP contribution in [0.5, 0.6) is 0 Å². The summed E-state index contributed by atoms with van der Waals surface area (Å²) in [5.41, 5.74) is 3.14. The van der Waals surface area contributed by atoms with Gasteiger partial charge in [-0.1, -0.05) is 36.4 Å². The van der Waals surface area contributed by atoms with Crippen molar-refractivity contribution in [3.63, 3.8) is 0 Å². The van der Waals surface area contributed by atoms with Gasteiger partial charge in [-0.05, 0) is 61.6 Å². The summed E-state index contributed by atoms with van der Waals surface area (Å²) in [7, 11) is 0. The van der Waals surface area contributed by atoms with Crippen LogP contribution < -0.4 is 16.0 Å². The van der Waals surface area contributed by atoms with E-state index in [2.05, 4.69) is 28.1 Å². The van der Waals surface area contributed by atoms with E-state index in [1.54, 1.807) is 12.1 Å². The molecule has 0 saturated heterocycles. The fraction of sp³-hybridized carbons (Fsp3) is 0.462. The lowest BCUT2D eigenvalue weighted by Gasteiger charge is -2.34. The molecule has 0 radical (unpaired) electrons. The number of carboxylic acids is 1. The van der Waals surface area contributed by atoms with Gasteiger partial charge in [-0.25, -0.2) is 14.6 Å². The third-order valence-corrected chi connectivity index (χ3v) is 6.65. The predicted octanol–water partition coefficient (Wildman–Crippen LogP) is 2.89. The van der Waals surface area contributed by atoms with Gasteiger partial charge >= 0.3 is 12.1 Å². The summed E-state index contributed by atoms with van der Waals surface area (Å²) in [5, 5.41) is 17.7. The van der Waals surface area contributed by atoms with Gasteiger partial charge in [0.1, 0.15) is 18.5 Å². The molecule has 0 bridgehead atoms. The molecule has 1 aromatic carbocycles. The van der Waals surface area contributed by atoms with Crippen molar-refractivity contribution >= 4 is 23.8 Å². The van der Waals surface area contributed by atoms with Crippen LogP contribution in [-0.2, 0) is 33.8 Å². The molecule has 4 rings (SSSR count). The number of amides is 2. The van der Waals surface area contributed by atoms with Crippen molar-refractivity contribution < 1.29 is 24.2 Å². The molecule has 35 heavy (non-hydrogen) atoms. The second kappa shape index (κ2) is 11.7. The number of hydrogen-bond acceptors (Lipinski definition) is 6. The van der Waals surface area contributed by atoms with Crippen molar-refractivity contribution in [3.8, 4) is 0 Å². The number of aryl methyl sites for hydroxylation is 2. The summed E-state index contributed by atoms with van der Waals surface area (Å²) in [6.45, 7) is 0.810. The highest BCUT2D eigenvalue weighted by Crippen LogP contribution is 2.37. The number of ether oxygens (including phenoxy) is 1. The maximum Gasteiger partial charge on any atom is 0.408 e. The molecule has 2 aromatic rings. The van der Waals surface area contributed by atoms with Gasteiger partial charge in [0.2, 0.25) is 5.91 Å². The molecule has 1 saturated carbocycles. The lowest BCUT2D eigenvalue weighted by Crippen LogP contribution is -2.50. The Morgan fingerprint density at radius 1 is 1.14 bits per heavy atom. The highest BCUT2D eigenvalue weighted by atomic mass is 16.5. The van der Waals surface area contributed by atoms with Crippen LogP contribution in [-0.4, -0.2) is 47.2 Å². The molecule has 2 aliphatic rings. The van der Waals surface area contributed by atoms with Crippen LogP contribution >= 0.6 is 0 Å². The van der Waals surface area contributed by atoms with E-state index in [4.69, 9.17) is 9.72 Å².